The Bertz CT molecular complexity index is 1680. The number of nitrogens with one attached hydrogen (secondary N) is 1. The third kappa shape index (κ3) is 4.14. The van der Waals surface area contributed by atoms with E-state index in [1.54, 1.807) is 0 Å². The first kappa shape index (κ1) is 22.7. The minimum absolute atomic E-state index is 0.0640. The highest BCUT2D eigenvalue weighted by Crippen LogP contribution is 2.31. The van der Waals surface area contributed by atoms with Gasteiger partial charge < -0.3 is 14.4 Å². The number of anilines is 1. The molecule has 2 heterocycles. The Morgan fingerprint density at radius 3 is 2.72 bits per heavy atom. The first-order chi connectivity index (χ1) is 17.5. The molecule has 5 aromatic rings. The van der Waals surface area contributed by atoms with Crippen molar-refractivity contribution in [3.8, 4) is 17.5 Å². The van der Waals surface area contributed by atoms with E-state index in [-0.39, 0.29) is 41.7 Å². The van der Waals surface area contributed by atoms with E-state index >= 15 is 0 Å². The van der Waals surface area contributed by atoms with Crippen LogP contribution >= 0.6 is 0 Å². The molecule has 0 saturated carbocycles. The molecule has 0 aliphatic heterocycles. The summed E-state index contributed by atoms with van der Waals surface area (Å²) in [6.07, 6.45) is 0.312. The molecule has 5 rings (SSSR count). The molecular weight excluding hydrogens is 460 g/mol. The number of hydrogen-bond acceptors (Lipinski definition) is 7. The maximum absolute atomic E-state index is 12.6. The van der Waals surface area contributed by atoms with Crippen molar-refractivity contribution in [1.82, 2.24) is 14.7 Å². The molecule has 0 bridgehead atoms. The van der Waals surface area contributed by atoms with E-state index < -0.39 is 4.92 Å². The molecule has 0 aliphatic rings. The minimum Gasteiger partial charge on any atom is -0.341 e. The van der Waals surface area contributed by atoms with E-state index in [0.717, 1.165) is 34.4 Å². The molecule has 0 fully saturated rings. The van der Waals surface area contributed by atoms with Gasteiger partial charge in [-0.15, -0.1) is 0 Å². The Hall–Kier alpha value is -5.04. The van der Waals surface area contributed by atoms with Crippen LogP contribution in [-0.4, -0.2) is 25.5 Å². The molecule has 0 unspecified atom stereocenters. The number of carbonyl (C=O) groups excluding carboxylic acids is 1. The van der Waals surface area contributed by atoms with E-state index in [1.807, 2.05) is 36.4 Å². The monoisotopic (exact) mass is 480 g/mol. The lowest BCUT2D eigenvalue weighted by molar-refractivity contribution is -0.384. The molecule has 1 amide bonds. The van der Waals surface area contributed by atoms with Crippen molar-refractivity contribution in [2.24, 2.45) is 0 Å². The van der Waals surface area contributed by atoms with Crippen LogP contribution in [0.4, 0.5) is 11.4 Å². The molecule has 0 atom stereocenters. The highest BCUT2D eigenvalue weighted by molar-refractivity contribution is 6.09. The van der Waals surface area contributed by atoms with Gasteiger partial charge in [0.2, 0.25) is 17.6 Å². The largest absolute Gasteiger partial charge is 0.341 e. The number of aryl methyl sites for hydroxylation is 2. The van der Waals surface area contributed by atoms with E-state index in [2.05, 4.69) is 39.1 Å². The second-order valence-corrected chi connectivity index (χ2v) is 8.15. The Morgan fingerprint density at radius 1 is 1.14 bits per heavy atom. The average molecular weight is 480 g/mol. The number of aromatic nitrogens is 3. The zero-order valence-electron chi connectivity index (χ0n) is 19.3. The number of hydrogen-bond donors (Lipinski definition) is 1. The second kappa shape index (κ2) is 9.31. The van der Waals surface area contributed by atoms with E-state index in [4.69, 9.17) is 4.52 Å². The molecule has 0 radical (unpaired) electrons. The van der Waals surface area contributed by atoms with Crippen LogP contribution in [0.1, 0.15) is 24.8 Å². The van der Waals surface area contributed by atoms with Crippen LogP contribution in [0.5, 0.6) is 0 Å². The summed E-state index contributed by atoms with van der Waals surface area (Å²) in [5.41, 5.74) is 3.14. The summed E-state index contributed by atoms with van der Waals surface area (Å²) >= 11 is 0. The molecule has 0 spiro atoms. The fraction of sp³-hybridized carbons (Fsp3) is 0.154. The van der Waals surface area contributed by atoms with Crippen LogP contribution in [0, 0.1) is 21.4 Å². The molecule has 10 heteroatoms. The van der Waals surface area contributed by atoms with Crippen molar-refractivity contribution in [1.29, 1.82) is 5.26 Å². The molecule has 1 N–H and O–H groups in total. The molecule has 178 valence electrons. The Labute approximate surface area is 204 Å². The summed E-state index contributed by atoms with van der Waals surface area (Å²) in [5.74, 6) is 0.153. The fourth-order valence-corrected chi connectivity index (χ4v) is 4.32. The van der Waals surface area contributed by atoms with Crippen LogP contribution in [0.3, 0.4) is 0 Å². The van der Waals surface area contributed by atoms with Crippen LogP contribution in [0.2, 0.25) is 0 Å². The number of fused-ring (bicyclic) bond motifs is 3. The highest BCUT2D eigenvalue weighted by atomic mass is 16.6. The number of carbonyl (C=O) groups is 1. The van der Waals surface area contributed by atoms with Crippen molar-refractivity contribution in [3.05, 3.63) is 82.2 Å². The highest BCUT2D eigenvalue weighted by Gasteiger charge is 2.17. The number of nitriles is 1. The molecule has 3 aromatic carbocycles. The third-order valence-corrected chi connectivity index (χ3v) is 5.98. The van der Waals surface area contributed by atoms with Gasteiger partial charge in [0.05, 0.1) is 10.5 Å². The van der Waals surface area contributed by atoms with E-state index in [9.17, 15) is 20.2 Å². The van der Waals surface area contributed by atoms with E-state index in [1.165, 1.54) is 12.1 Å². The zero-order valence-corrected chi connectivity index (χ0v) is 19.3. The Balaban J connectivity index is 1.29. The molecule has 10 nitrogen and oxygen atoms in total. The number of para-hydroxylation sites is 1. The number of nitro benzene ring substituents is 1. The van der Waals surface area contributed by atoms with Gasteiger partial charge in [-0.1, -0.05) is 23.4 Å². The average Bonchev–Trinajstić information content (AvgIpc) is 3.49. The van der Waals surface area contributed by atoms with Gasteiger partial charge in [-0.2, -0.15) is 10.2 Å². The zero-order chi connectivity index (χ0) is 25.2. The van der Waals surface area contributed by atoms with Crippen LogP contribution < -0.4 is 5.32 Å². The Morgan fingerprint density at radius 2 is 1.94 bits per heavy atom. The lowest BCUT2D eigenvalue weighted by atomic mass is 10.1. The summed E-state index contributed by atoms with van der Waals surface area (Å²) in [4.78, 5) is 27.2. The number of nitro groups is 1. The quantitative estimate of drug-likeness (QED) is 0.249. The molecule has 36 heavy (non-hydrogen) atoms. The van der Waals surface area contributed by atoms with Gasteiger partial charge in [0.15, 0.2) is 0 Å². The number of nitrogens with zero attached hydrogens (tertiary/aromatic N) is 5. The van der Waals surface area contributed by atoms with Crippen molar-refractivity contribution in [2.45, 2.75) is 26.3 Å². The van der Waals surface area contributed by atoms with Crippen LogP contribution in [0.15, 0.2) is 65.2 Å². The summed E-state index contributed by atoms with van der Waals surface area (Å²) < 4.78 is 7.47. The normalized spacial score (nSPS) is 11.0. The van der Waals surface area contributed by atoms with Crippen molar-refractivity contribution in [2.75, 3.05) is 5.32 Å². The summed E-state index contributed by atoms with van der Waals surface area (Å²) in [7, 11) is 0. The minimum atomic E-state index is -0.579. The van der Waals surface area contributed by atoms with Gasteiger partial charge in [0.1, 0.15) is 6.07 Å². The number of non-ortho nitro benzene ring substituents is 1. The van der Waals surface area contributed by atoms with Gasteiger partial charge in [0.25, 0.3) is 5.69 Å². The number of amides is 1. The third-order valence-electron chi connectivity index (χ3n) is 5.98. The summed E-state index contributed by atoms with van der Waals surface area (Å²) in [5, 5.41) is 29.3. The summed E-state index contributed by atoms with van der Waals surface area (Å²) in [6.45, 7) is 2.95. The Kier molecular flexibility index (Phi) is 5.88. The maximum Gasteiger partial charge on any atom is 0.270 e. The van der Waals surface area contributed by atoms with Crippen molar-refractivity contribution < 1.29 is 14.2 Å². The predicted octanol–water partition coefficient (Wildman–Crippen LogP) is 5.22. The van der Waals surface area contributed by atoms with Gasteiger partial charge in [-0.3, -0.25) is 14.9 Å². The second-order valence-electron chi connectivity index (χ2n) is 8.15. The van der Waals surface area contributed by atoms with Crippen LogP contribution in [-0.2, 0) is 17.8 Å². The molecule has 0 saturated heterocycles. The summed E-state index contributed by atoms with van der Waals surface area (Å²) in [6, 6.07) is 19.8. The van der Waals surface area contributed by atoms with Gasteiger partial charge in [0, 0.05) is 64.6 Å². The standard InChI is InChI=1S/C26H20N6O4/c1-2-31-22-6-4-3-5-20(22)21-14-17(7-10-23(21)31)28-24(33)11-12-25-29-26(30-36-25)19-9-8-18(32(34)35)13-16(19)15-27/h3-10,13-14H,2,11-12H2,1H3,(H,28,33). The lowest BCUT2D eigenvalue weighted by Gasteiger charge is -2.06. The van der Waals surface area contributed by atoms with Gasteiger partial charge >= 0.3 is 0 Å². The molecule has 0 aliphatic carbocycles. The topological polar surface area (TPSA) is 140 Å². The molecule has 2 aromatic heterocycles. The van der Waals surface area contributed by atoms with Gasteiger partial charge in [-0.25, -0.2) is 0 Å². The number of benzene rings is 3. The van der Waals surface area contributed by atoms with Crippen molar-refractivity contribution in [3.63, 3.8) is 0 Å². The fourth-order valence-electron chi connectivity index (χ4n) is 4.32. The molecular formula is C26H20N6O4. The van der Waals surface area contributed by atoms with Crippen molar-refractivity contribution >= 4 is 39.1 Å². The number of rotatable bonds is 7. The van der Waals surface area contributed by atoms with Gasteiger partial charge in [-0.05, 0) is 37.3 Å². The smallest absolute Gasteiger partial charge is 0.270 e. The first-order valence-electron chi connectivity index (χ1n) is 11.3. The maximum atomic E-state index is 12.6. The SMILES string of the molecule is CCn1c2ccccc2c2cc(NC(=O)CCc3nc(-c4ccc([N+](=O)[O-])cc4C#N)no3)ccc21. The predicted molar refractivity (Wildman–Crippen MR) is 133 cm³/mol. The first-order valence-corrected chi connectivity index (χ1v) is 11.3. The lowest BCUT2D eigenvalue weighted by Crippen LogP contribution is -2.12. The van der Waals surface area contributed by atoms with E-state index in [0.29, 0.717) is 11.3 Å². The van der Waals surface area contributed by atoms with Crippen LogP contribution in [0.25, 0.3) is 33.2 Å².